The van der Waals surface area contributed by atoms with Crippen LogP contribution in [0, 0.1) is 0 Å². The quantitative estimate of drug-likeness (QED) is 0.517. The highest BCUT2D eigenvalue weighted by Crippen LogP contribution is 2.32. The minimum atomic E-state index is -4.69. The number of amides is 1. The van der Waals surface area contributed by atoms with Gasteiger partial charge in [0.2, 0.25) is 0 Å². The Kier molecular flexibility index (Phi) is 7.45. The Labute approximate surface area is 189 Å². The summed E-state index contributed by atoms with van der Waals surface area (Å²) in [6.45, 7) is 1.47. The molecule has 0 spiro atoms. The number of aromatic nitrogens is 4. The molecule has 0 aliphatic heterocycles. The third-order valence-electron chi connectivity index (χ3n) is 4.09. The number of hydrogen-bond acceptors (Lipinski definition) is 4. The van der Waals surface area contributed by atoms with Gasteiger partial charge in [-0.15, -0.1) is 0 Å². The van der Waals surface area contributed by atoms with Crippen molar-refractivity contribution in [3.8, 4) is 5.82 Å². The number of carbonyl (C=O) groups excluding carboxylic acids is 1. The van der Waals surface area contributed by atoms with Crippen LogP contribution in [0.3, 0.4) is 0 Å². The van der Waals surface area contributed by atoms with Gasteiger partial charge in [0.15, 0.2) is 11.6 Å². The molecule has 0 unspecified atom stereocenters. The van der Waals surface area contributed by atoms with E-state index in [0.29, 0.717) is 18.3 Å². The van der Waals surface area contributed by atoms with E-state index in [1.165, 1.54) is 6.92 Å². The lowest BCUT2D eigenvalue weighted by Crippen LogP contribution is -2.29. The van der Waals surface area contributed by atoms with Crippen LogP contribution >= 0.6 is 25.1 Å². The predicted molar refractivity (Wildman–Crippen MR) is 107 cm³/mol. The summed E-state index contributed by atoms with van der Waals surface area (Å²) in [5.41, 5.74) is -2.37. The number of rotatable bonds is 4. The largest absolute Gasteiger partial charge is 0.417 e. The molecule has 1 amide bonds. The van der Waals surface area contributed by atoms with Gasteiger partial charge in [0.05, 0.1) is 17.2 Å². The van der Waals surface area contributed by atoms with Crippen molar-refractivity contribution in [2.45, 2.75) is 25.3 Å². The molecule has 2 aromatic heterocycles. The predicted octanol–water partition coefficient (Wildman–Crippen LogP) is 4.96. The Morgan fingerprint density at radius 3 is 2.25 bits per heavy atom. The summed E-state index contributed by atoms with van der Waals surface area (Å²) in [7, 11) is 0. The SMILES string of the molecule is C[C@H](NC(=O)c1cc(Cl)cc(C(F)(F)F)c1)c1ncnn1-c1ccc(C(F)(F)F)cn1.S. The molecule has 0 bridgehead atoms. The van der Waals surface area contributed by atoms with Crippen LogP contribution < -0.4 is 5.32 Å². The van der Waals surface area contributed by atoms with Crippen LogP contribution in [0.1, 0.15) is 40.3 Å². The maximum absolute atomic E-state index is 13.0. The zero-order valence-corrected chi connectivity index (χ0v) is 17.7. The molecule has 0 saturated carbocycles. The summed E-state index contributed by atoms with van der Waals surface area (Å²) in [6, 6.07) is 3.41. The van der Waals surface area contributed by atoms with E-state index >= 15 is 0 Å². The van der Waals surface area contributed by atoms with Gasteiger partial charge >= 0.3 is 12.4 Å². The number of halogens is 7. The average molecular weight is 498 g/mol. The second-order valence-electron chi connectivity index (χ2n) is 6.35. The number of alkyl halides is 6. The molecule has 3 aromatic rings. The molecule has 0 aliphatic carbocycles. The second-order valence-corrected chi connectivity index (χ2v) is 6.79. The number of benzene rings is 1. The van der Waals surface area contributed by atoms with E-state index in [9.17, 15) is 31.1 Å². The average Bonchev–Trinajstić information content (AvgIpc) is 3.16. The van der Waals surface area contributed by atoms with Gasteiger partial charge in [0.25, 0.3) is 5.91 Å². The van der Waals surface area contributed by atoms with Crippen LogP contribution in [0.5, 0.6) is 0 Å². The molecule has 6 nitrogen and oxygen atoms in total. The topological polar surface area (TPSA) is 72.7 Å². The molecule has 1 atom stereocenters. The third-order valence-corrected chi connectivity index (χ3v) is 4.31. The lowest BCUT2D eigenvalue weighted by Gasteiger charge is -2.16. The molecule has 2 heterocycles. The molecular weight excluding hydrogens is 484 g/mol. The van der Waals surface area contributed by atoms with Crippen molar-refractivity contribution in [3.63, 3.8) is 0 Å². The molecular formula is C18H14ClF6N5OS. The molecule has 0 aliphatic rings. The molecule has 0 fully saturated rings. The van der Waals surface area contributed by atoms with E-state index < -0.39 is 35.4 Å². The Morgan fingerprint density at radius 1 is 1.03 bits per heavy atom. The maximum Gasteiger partial charge on any atom is 0.417 e. The lowest BCUT2D eigenvalue weighted by atomic mass is 10.1. The summed E-state index contributed by atoms with van der Waals surface area (Å²) < 4.78 is 78.1. The highest BCUT2D eigenvalue weighted by molar-refractivity contribution is 7.59. The summed E-state index contributed by atoms with van der Waals surface area (Å²) in [5, 5.41) is 6.06. The highest BCUT2D eigenvalue weighted by Gasteiger charge is 2.32. The standard InChI is InChI=1S/C18H12ClF6N5O.H2S/c1-9(29-16(31)10-4-12(18(23,24)25)6-13(19)5-10)15-27-8-28-30(15)14-3-2-11(7-26-14)17(20,21)22;/h2-9H,1H3,(H,29,31);1H2/t9-;/m0./s1. The summed E-state index contributed by atoms with van der Waals surface area (Å²) in [6.07, 6.45) is -7.54. The van der Waals surface area contributed by atoms with Gasteiger partial charge in [-0.1, -0.05) is 11.6 Å². The molecule has 14 heteroatoms. The number of hydrogen-bond donors (Lipinski definition) is 1. The van der Waals surface area contributed by atoms with Gasteiger partial charge in [-0.05, 0) is 37.3 Å². The van der Waals surface area contributed by atoms with Crippen LogP contribution in [0.4, 0.5) is 26.3 Å². The molecule has 1 aromatic carbocycles. The Balaban J connectivity index is 0.00000363. The Bertz CT molecular complexity index is 1100. The molecule has 3 rings (SSSR count). The fourth-order valence-electron chi connectivity index (χ4n) is 2.63. The van der Waals surface area contributed by atoms with Crippen molar-refractivity contribution >= 4 is 31.0 Å². The van der Waals surface area contributed by atoms with Crippen molar-refractivity contribution < 1.29 is 31.1 Å². The second kappa shape index (κ2) is 9.36. The summed E-state index contributed by atoms with van der Waals surface area (Å²) in [4.78, 5) is 20.1. The first-order valence-corrected chi connectivity index (χ1v) is 8.86. The number of nitrogens with zero attached hydrogens (tertiary/aromatic N) is 4. The van der Waals surface area contributed by atoms with E-state index in [1.807, 2.05) is 0 Å². The van der Waals surface area contributed by atoms with Crippen LogP contribution in [0.2, 0.25) is 5.02 Å². The molecule has 172 valence electrons. The smallest absolute Gasteiger partial charge is 0.342 e. The van der Waals surface area contributed by atoms with Gasteiger partial charge in [0, 0.05) is 16.8 Å². The van der Waals surface area contributed by atoms with E-state index in [1.54, 1.807) is 0 Å². The van der Waals surface area contributed by atoms with Crippen molar-refractivity contribution in [1.82, 2.24) is 25.1 Å². The van der Waals surface area contributed by atoms with Crippen LogP contribution in [0.25, 0.3) is 5.82 Å². The fourth-order valence-corrected chi connectivity index (χ4v) is 2.87. The van der Waals surface area contributed by atoms with Crippen LogP contribution in [0.15, 0.2) is 42.9 Å². The third kappa shape index (κ3) is 5.71. The molecule has 32 heavy (non-hydrogen) atoms. The van der Waals surface area contributed by atoms with Gasteiger partial charge in [-0.2, -0.15) is 49.6 Å². The first-order chi connectivity index (χ1) is 14.4. The Hall–Kier alpha value is -2.80. The van der Waals surface area contributed by atoms with Gasteiger partial charge < -0.3 is 5.32 Å². The van der Waals surface area contributed by atoms with Crippen LogP contribution in [-0.2, 0) is 12.4 Å². The van der Waals surface area contributed by atoms with Crippen molar-refractivity contribution in [2.75, 3.05) is 0 Å². The number of pyridine rings is 1. The first kappa shape index (κ1) is 25.5. The molecule has 0 radical (unpaired) electrons. The summed E-state index contributed by atoms with van der Waals surface area (Å²) in [5.74, 6) is -0.766. The van der Waals surface area contributed by atoms with Crippen molar-refractivity contribution in [3.05, 3.63) is 70.4 Å². The van der Waals surface area contributed by atoms with Crippen LogP contribution in [-0.4, -0.2) is 25.7 Å². The zero-order chi connectivity index (χ0) is 23.0. The van der Waals surface area contributed by atoms with E-state index in [0.717, 1.165) is 29.2 Å². The maximum atomic E-state index is 13.0. The number of carbonyl (C=O) groups is 1. The van der Waals surface area contributed by atoms with Gasteiger partial charge in [-0.3, -0.25) is 4.79 Å². The van der Waals surface area contributed by atoms with E-state index in [4.69, 9.17) is 11.6 Å². The van der Waals surface area contributed by atoms with E-state index in [2.05, 4.69) is 20.4 Å². The highest BCUT2D eigenvalue weighted by atomic mass is 35.5. The normalized spacial score (nSPS) is 12.8. The number of nitrogens with one attached hydrogen (secondary N) is 1. The minimum absolute atomic E-state index is 0. The fraction of sp³-hybridized carbons (Fsp3) is 0.222. The van der Waals surface area contributed by atoms with Crippen molar-refractivity contribution in [1.29, 1.82) is 0 Å². The zero-order valence-electron chi connectivity index (χ0n) is 16.0. The van der Waals surface area contributed by atoms with Gasteiger partial charge in [-0.25, -0.2) is 9.97 Å². The lowest BCUT2D eigenvalue weighted by molar-refractivity contribution is -0.138. The van der Waals surface area contributed by atoms with Crippen molar-refractivity contribution in [2.24, 2.45) is 0 Å². The minimum Gasteiger partial charge on any atom is -0.342 e. The van der Waals surface area contributed by atoms with Gasteiger partial charge in [0.1, 0.15) is 6.33 Å². The molecule has 1 N–H and O–H groups in total. The van der Waals surface area contributed by atoms with E-state index in [-0.39, 0.29) is 35.7 Å². The Morgan fingerprint density at radius 2 is 1.69 bits per heavy atom. The molecule has 0 saturated heterocycles. The first-order valence-electron chi connectivity index (χ1n) is 8.48. The monoisotopic (exact) mass is 497 g/mol. The summed E-state index contributed by atoms with van der Waals surface area (Å²) >= 11 is 5.69.